The van der Waals surface area contributed by atoms with E-state index in [2.05, 4.69) is 4.90 Å². The number of benzene rings is 2. The molecule has 148 valence electrons. The van der Waals surface area contributed by atoms with Gasteiger partial charge in [0.15, 0.2) is 0 Å². The maximum atomic E-state index is 12.9. The van der Waals surface area contributed by atoms with Gasteiger partial charge >= 0.3 is 11.9 Å². The van der Waals surface area contributed by atoms with Crippen LogP contribution in [0.15, 0.2) is 54.6 Å². The Hall–Kier alpha value is -3.26. The molecule has 0 unspecified atom stereocenters. The number of piperazine rings is 1. The zero-order valence-electron chi connectivity index (χ0n) is 15.1. The predicted molar refractivity (Wildman–Crippen MR) is 99.3 cm³/mol. The highest BCUT2D eigenvalue weighted by Gasteiger charge is 2.21. The smallest absolute Gasteiger partial charge is 0.414 e. The van der Waals surface area contributed by atoms with Crippen LogP contribution in [-0.4, -0.2) is 64.0 Å². The highest BCUT2D eigenvalue weighted by Crippen LogP contribution is 2.12. The predicted octanol–water partition coefficient (Wildman–Crippen LogP) is 1.94. The Morgan fingerprint density at radius 3 is 1.86 bits per heavy atom. The number of hydrogen-bond acceptors (Lipinski definition) is 4. The molecule has 3 rings (SSSR count). The highest BCUT2D eigenvalue weighted by molar-refractivity contribution is 6.27. The number of carbonyl (C=O) groups excluding carboxylic acids is 1. The summed E-state index contributed by atoms with van der Waals surface area (Å²) in [5.74, 6) is -3.76. The average molecular weight is 388 g/mol. The van der Waals surface area contributed by atoms with Gasteiger partial charge in [0.1, 0.15) is 5.82 Å². The van der Waals surface area contributed by atoms with Gasteiger partial charge in [-0.15, -0.1) is 0 Å². The van der Waals surface area contributed by atoms with Crippen LogP contribution in [0, 0.1) is 5.82 Å². The monoisotopic (exact) mass is 388 g/mol. The second kappa shape index (κ2) is 10.2. The Labute approximate surface area is 161 Å². The van der Waals surface area contributed by atoms with Crippen molar-refractivity contribution in [3.63, 3.8) is 0 Å². The molecular formula is C20H21FN2O5. The summed E-state index contributed by atoms with van der Waals surface area (Å²) in [5, 5.41) is 14.8. The third-order valence-corrected chi connectivity index (χ3v) is 4.18. The summed E-state index contributed by atoms with van der Waals surface area (Å²) in [4.78, 5) is 34.8. The first kappa shape index (κ1) is 21.0. The molecule has 0 atom stereocenters. The van der Waals surface area contributed by atoms with Crippen LogP contribution in [0.2, 0.25) is 0 Å². The van der Waals surface area contributed by atoms with Gasteiger partial charge in [-0.25, -0.2) is 14.0 Å². The minimum Gasteiger partial charge on any atom is -0.473 e. The minimum atomic E-state index is -1.82. The molecule has 0 aliphatic carbocycles. The largest absolute Gasteiger partial charge is 0.473 e. The molecule has 8 heteroatoms. The lowest BCUT2D eigenvalue weighted by Crippen LogP contribution is -2.48. The molecule has 1 fully saturated rings. The topological polar surface area (TPSA) is 98.1 Å². The Kier molecular flexibility index (Phi) is 7.65. The van der Waals surface area contributed by atoms with Gasteiger partial charge in [-0.05, 0) is 29.8 Å². The van der Waals surface area contributed by atoms with Gasteiger partial charge in [0.25, 0.3) is 5.91 Å². The van der Waals surface area contributed by atoms with Gasteiger partial charge in [-0.2, -0.15) is 0 Å². The molecule has 28 heavy (non-hydrogen) atoms. The molecule has 2 aromatic carbocycles. The van der Waals surface area contributed by atoms with Crippen LogP contribution >= 0.6 is 0 Å². The van der Waals surface area contributed by atoms with Crippen LogP contribution in [-0.2, 0) is 16.1 Å². The summed E-state index contributed by atoms with van der Waals surface area (Å²) in [6.45, 7) is 3.95. The van der Waals surface area contributed by atoms with Crippen molar-refractivity contribution in [2.45, 2.75) is 6.54 Å². The Morgan fingerprint density at radius 1 is 0.821 bits per heavy atom. The second-order valence-electron chi connectivity index (χ2n) is 6.17. The number of carboxylic acids is 2. The summed E-state index contributed by atoms with van der Waals surface area (Å²) in [5.41, 5.74) is 1.85. The summed E-state index contributed by atoms with van der Waals surface area (Å²) in [7, 11) is 0. The molecule has 7 nitrogen and oxygen atoms in total. The van der Waals surface area contributed by atoms with E-state index in [0.717, 1.165) is 43.9 Å². The first-order chi connectivity index (χ1) is 13.4. The van der Waals surface area contributed by atoms with Crippen molar-refractivity contribution < 1.29 is 29.0 Å². The zero-order chi connectivity index (χ0) is 20.5. The molecule has 0 bridgehead atoms. The highest BCUT2D eigenvalue weighted by atomic mass is 19.1. The standard InChI is InChI=1S/C18H19FN2O.C2H2O4/c19-17-8-6-15(7-9-17)14-20-10-12-21(13-11-20)18(22)16-4-2-1-3-5-16;3-1(4)2(5)6/h1-9H,10-14H2;(H,3,4)(H,5,6). The number of amides is 1. The number of hydrogen-bond donors (Lipinski definition) is 2. The van der Waals surface area contributed by atoms with Crippen molar-refractivity contribution in [2.24, 2.45) is 0 Å². The van der Waals surface area contributed by atoms with E-state index in [1.165, 1.54) is 12.1 Å². The van der Waals surface area contributed by atoms with E-state index in [4.69, 9.17) is 19.8 Å². The van der Waals surface area contributed by atoms with Gasteiger partial charge in [0.05, 0.1) is 0 Å². The van der Waals surface area contributed by atoms with Crippen LogP contribution in [0.3, 0.4) is 0 Å². The molecule has 2 aromatic rings. The number of halogens is 1. The van der Waals surface area contributed by atoms with Crippen LogP contribution in [0.1, 0.15) is 15.9 Å². The van der Waals surface area contributed by atoms with E-state index >= 15 is 0 Å². The summed E-state index contributed by atoms with van der Waals surface area (Å²) < 4.78 is 12.9. The van der Waals surface area contributed by atoms with E-state index in [1.54, 1.807) is 0 Å². The van der Waals surface area contributed by atoms with E-state index in [9.17, 15) is 9.18 Å². The summed E-state index contributed by atoms with van der Waals surface area (Å²) in [6, 6.07) is 16.0. The lowest BCUT2D eigenvalue weighted by molar-refractivity contribution is -0.159. The van der Waals surface area contributed by atoms with E-state index < -0.39 is 11.9 Å². The Morgan fingerprint density at radius 2 is 1.36 bits per heavy atom. The number of aliphatic carboxylic acids is 2. The quantitative estimate of drug-likeness (QED) is 0.780. The third-order valence-electron chi connectivity index (χ3n) is 4.18. The van der Waals surface area contributed by atoms with Gasteiger partial charge in [0.2, 0.25) is 0 Å². The van der Waals surface area contributed by atoms with E-state index in [-0.39, 0.29) is 11.7 Å². The number of carboxylic acid groups (broad SMARTS) is 2. The average Bonchev–Trinajstić information content (AvgIpc) is 2.71. The molecule has 1 aliphatic heterocycles. The van der Waals surface area contributed by atoms with Crippen molar-refractivity contribution in [2.75, 3.05) is 26.2 Å². The first-order valence-corrected chi connectivity index (χ1v) is 8.64. The van der Waals surface area contributed by atoms with Crippen LogP contribution < -0.4 is 0 Å². The maximum Gasteiger partial charge on any atom is 0.414 e. The van der Waals surface area contributed by atoms with Crippen molar-refractivity contribution in [1.82, 2.24) is 9.80 Å². The molecule has 0 spiro atoms. The summed E-state index contributed by atoms with van der Waals surface area (Å²) >= 11 is 0. The SMILES string of the molecule is O=C(O)C(=O)O.O=C(c1ccccc1)N1CCN(Cc2ccc(F)cc2)CC1. The Balaban J connectivity index is 0.000000409. The molecule has 0 saturated carbocycles. The Bertz CT molecular complexity index is 791. The fourth-order valence-corrected chi connectivity index (χ4v) is 2.72. The van der Waals surface area contributed by atoms with Crippen molar-refractivity contribution in [3.05, 3.63) is 71.5 Å². The molecule has 2 N–H and O–H groups in total. The molecule has 1 saturated heterocycles. The maximum absolute atomic E-state index is 12.9. The van der Waals surface area contributed by atoms with Crippen LogP contribution in [0.25, 0.3) is 0 Å². The van der Waals surface area contributed by atoms with Crippen LogP contribution in [0.4, 0.5) is 4.39 Å². The van der Waals surface area contributed by atoms with Gasteiger partial charge in [-0.3, -0.25) is 9.69 Å². The zero-order valence-corrected chi connectivity index (χ0v) is 15.1. The molecule has 0 radical (unpaired) electrons. The van der Waals surface area contributed by atoms with Crippen molar-refractivity contribution >= 4 is 17.8 Å². The number of carbonyl (C=O) groups is 3. The van der Waals surface area contributed by atoms with Gasteiger partial charge in [-0.1, -0.05) is 30.3 Å². The molecule has 0 aromatic heterocycles. The van der Waals surface area contributed by atoms with Crippen LogP contribution in [0.5, 0.6) is 0 Å². The van der Waals surface area contributed by atoms with Gasteiger partial charge in [0, 0.05) is 38.3 Å². The lowest BCUT2D eigenvalue weighted by Gasteiger charge is -2.34. The molecular weight excluding hydrogens is 367 g/mol. The van der Waals surface area contributed by atoms with Crippen molar-refractivity contribution in [1.29, 1.82) is 0 Å². The van der Waals surface area contributed by atoms with Gasteiger partial charge < -0.3 is 15.1 Å². The molecule has 1 aliphatic rings. The minimum absolute atomic E-state index is 0.0991. The summed E-state index contributed by atoms with van der Waals surface area (Å²) in [6.07, 6.45) is 0. The first-order valence-electron chi connectivity index (χ1n) is 8.64. The fraction of sp³-hybridized carbons (Fsp3) is 0.250. The molecule has 1 heterocycles. The second-order valence-corrected chi connectivity index (χ2v) is 6.17. The third kappa shape index (κ3) is 6.48. The normalized spacial score (nSPS) is 14.0. The molecule has 1 amide bonds. The van der Waals surface area contributed by atoms with Crippen molar-refractivity contribution in [3.8, 4) is 0 Å². The lowest BCUT2D eigenvalue weighted by atomic mass is 10.1. The number of nitrogens with zero attached hydrogens (tertiary/aromatic N) is 2. The van der Waals surface area contributed by atoms with E-state index in [0.29, 0.717) is 0 Å². The number of rotatable bonds is 3. The van der Waals surface area contributed by atoms with E-state index in [1.807, 2.05) is 47.4 Å². The fourth-order valence-electron chi connectivity index (χ4n) is 2.72.